The maximum atomic E-state index is 13.3. The van der Waals surface area contributed by atoms with Crippen molar-refractivity contribution in [2.45, 2.75) is 13.2 Å². The first-order valence-corrected chi connectivity index (χ1v) is 9.61. The summed E-state index contributed by atoms with van der Waals surface area (Å²) in [4.78, 5) is 12.5. The predicted molar refractivity (Wildman–Crippen MR) is 113 cm³/mol. The van der Waals surface area contributed by atoms with Gasteiger partial charge in [0.2, 0.25) is 0 Å². The first-order chi connectivity index (χ1) is 15.0. The number of hydrogen-bond acceptors (Lipinski definition) is 3. The van der Waals surface area contributed by atoms with E-state index in [0.717, 1.165) is 11.1 Å². The molecule has 7 heteroatoms. The van der Waals surface area contributed by atoms with E-state index in [-0.39, 0.29) is 17.5 Å². The Morgan fingerprint density at radius 1 is 0.935 bits per heavy atom. The minimum atomic E-state index is -0.317. The highest BCUT2D eigenvalue weighted by Gasteiger charge is 2.08. The van der Waals surface area contributed by atoms with Gasteiger partial charge in [0.25, 0.3) is 5.91 Å². The van der Waals surface area contributed by atoms with Gasteiger partial charge in [-0.1, -0.05) is 24.3 Å². The molecule has 3 aromatic carbocycles. The Morgan fingerprint density at radius 3 is 2.45 bits per heavy atom. The summed E-state index contributed by atoms with van der Waals surface area (Å²) in [5.74, 6) is -0.318. The number of aromatic nitrogens is 2. The lowest BCUT2D eigenvalue weighted by Gasteiger charge is -2.07. The van der Waals surface area contributed by atoms with E-state index in [1.165, 1.54) is 24.3 Å². The highest BCUT2D eigenvalue weighted by molar-refractivity contribution is 6.04. The van der Waals surface area contributed by atoms with Crippen molar-refractivity contribution >= 4 is 11.6 Å². The van der Waals surface area contributed by atoms with Crippen LogP contribution in [0.3, 0.4) is 0 Å². The van der Waals surface area contributed by atoms with Gasteiger partial charge in [0.15, 0.2) is 0 Å². The van der Waals surface area contributed by atoms with Crippen LogP contribution >= 0.6 is 0 Å². The fourth-order valence-corrected chi connectivity index (χ4v) is 2.99. The monoisotopic (exact) mass is 419 g/mol. The maximum Gasteiger partial charge on any atom is 0.255 e. The Kier molecular flexibility index (Phi) is 6.03. The number of anilines is 1. The van der Waals surface area contributed by atoms with Crippen LogP contribution in [0.25, 0.3) is 0 Å². The van der Waals surface area contributed by atoms with E-state index in [0.29, 0.717) is 30.2 Å². The van der Waals surface area contributed by atoms with Crippen LogP contribution in [0, 0.1) is 11.6 Å². The molecule has 0 saturated carbocycles. The highest BCUT2D eigenvalue weighted by atomic mass is 19.1. The topological polar surface area (TPSA) is 56.2 Å². The molecule has 1 N–H and O–H groups in total. The van der Waals surface area contributed by atoms with E-state index in [1.54, 1.807) is 59.5 Å². The van der Waals surface area contributed by atoms with Crippen LogP contribution in [0.5, 0.6) is 5.75 Å². The quantitative estimate of drug-likeness (QED) is 0.457. The van der Waals surface area contributed by atoms with Crippen LogP contribution in [0.15, 0.2) is 85.2 Å². The van der Waals surface area contributed by atoms with Gasteiger partial charge in [0, 0.05) is 11.8 Å². The summed E-state index contributed by atoms with van der Waals surface area (Å²) in [7, 11) is 0. The molecule has 0 saturated heterocycles. The summed E-state index contributed by atoms with van der Waals surface area (Å²) in [6, 6.07) is 19.1. The van der Waals surface area contributed by atoms with E-state index in [4.69, 9.17) is 4.74 Å². The van der Waals surface area contributed by atoms with E-state index < -0.39 is 0 Å². The number of benzene rings is 3. The van der Waals surface area contributed by atoms with Gasteiger partial charge < -0.3 is 10.1 Å². The van der Waals surface area contributed by atoms with Crippen molar-refractivity contribution in [3.05, 3.63) is 114 Å². The fraction of sp³-hybridized carbons (Fsp3) is 0.0833. The Balaban J connectivity index is 1.32. The van der Waals surface area contributed by atoms with Crippen molar-refractivity contribution in [2.75, 3.05) is 5.32 Å². The molecule has 5 nitrogen and oxygen atoms in total. The largest absolute Gasteiger partial charge is 0.489 e. The molecular weight excluding hydrogens is 400 g/mol. The van der Waals surface area contributed by atoms with Gasteiger partial charge in [0.05, 0.1) is 18.4 Å². The summed E-state index contributed by atoms with van der Waals surface area (Å²) in [6.07, 6.45) is 3.23. The average Bonchev–Trinajstić information content (AvgIpc) is 3.20. The molecule has 0 bridgehead atoms. The van der Waals surface area contributed by atoms with Crippen LogP contribution < -0.4 is 10.1 Å². The van der Waals surface area contributed by atoms with Crippen LogP contribution in [-0.2, 0) is 13.2 Å². The van der Waals surface area contributed by atoms with Crippen LogP contribution in [0.1, 0.15) is 21.5 Å². The lowest BCUT2D eigenvalue weighted by atomic mass is 10.1. The third-order valence-corrected chi connectivity index (χ3v) is 4.56. The molecule has 156 valence electrons. The molecule has 0 aliphatic rings. The van der Waals surface area contributed by atoms with Crippen molar-refractivity contribution in [2.24, 2.45) is 0 Å². The number of rotatable bonds is 7. The molecule has 1 amide bonds. The van der Waals surface area contributed by atoms with Crippen LogP contribution in [0.4, 0.5) is 14.5 Å². The minimum Gasteiger partial charge on any atom is -0.489 e. The Bertz CT molecular complexity index is 1170. The van der Waals surface area contributed by atoms with Gasteiger partial charge in [0.1, 0.15) is 24.0 Å². The Hall–Kier alpha value is -4.00. The number of carbonyl (C=O) groups excluding carboxylic acids is 1. The molecule has 0 fully saturated rings. The Labute approximate surface area is 177 Å². The normalized spacial score (nSPS) is 10.6. The zero-order valence-corrected chi connectivity index (χ0v) is 16.5. The molecule has 4 rings (SSSR count). The van der Waals surface area contributed by atoms with Gasteiger partial charge >= 0.3 is 0 Å². The van der Waals surface area contributed by atoms with Crippen molar-refractivity contribution < 1.29 is 18.3 Å². The molecule has 1 heterocycles. The number of carbonyl (C=O) groups is 1. The van der Waals surface area contributed by atoms with Gasteiger partial charge in [-0.15, -0.1) is 0 Å². The van der Waals surface area contributed by atoms with E-state index in [2.05, 4.69) is 10.4 Å². The second-order valence-electron chi connectivity index (χ2n) is 6.95. The lowest BCUT2D eigenvalue weighted by molar-refractivity contribution is 0.102. The number of hydrogen-bond donors (Lipinski definition) is 1. The average molecular weight is 419 g/mol. The molecule has 31 heavy (non-hydrogen) atoms. The SMILES string of the molecule is O=C(Nc1cnn(Cc2cccc(F)c2)c1)c1ccc(COc2ccc(F)cc2)cc1. The second-order valence-corrected chi connectivity index (χ2v) is 6.95. The lowest BCUT2D eigenvalue weighted by Crippen LogP contribution is -2.11. The van der Waals surface area contributed by atoms with Crippen molar-refractivity contribution in [1.82, 2.24) is 9.78 Å². The molecular formula is C24H19F2N3O2. The zero-order valence-electron chi connectivity index (χ0n) is 16.5. The van der Waals surface area contributed by atoms with Gasteiger partial charge in [-0.3, -0.25) is 9.48 Å². The molecule has 0 atom stereocenters. The maximum absolute atomic E-state index is 13.3. The third kappa shape index (κ3) is 5.54. The molecule has 1 aromatic heterocycles. The number of nitrogens with zero attached hydrogens (tertiary/aromatic N) is 2. The molecule has 0 aliphatic carbocycles. The summed E-state index contributed by atoms with van der Waals surface area (Å²) < 4.78 is 33.5. The summed E-state index contributed by atoms with van der Waals surface area (Å²) in [5, 5.41) is 7.00. The van der Waals surface area contributed by atoms with Gasteiger partial charge in [-0.05, 0) is 59.7 Å². The summed E-state index contributed by atoms with van der Waals surface area (Å²) in [5.41, 5.74) is 2.69. The smallest absolute Gasteiger partial charge is 0.255 e. The van der Waals surface area contributed by atoms with Crippen molar-refractivity contribution in [1.29, 1.82) is 0 Å². The molecule has 0 radical (unpaired) electrons. The summed E-state index contributed by atoms with van der Waals surface area (Å²) in [6.45, 7) is 0.705. The van der Waals surface area contributed by atoms with Crippen LogP contribution in [0.2, 0.25) is 0 Å². The fourth-order valence-electron chi connectivity index (χ4n) is 2.99. The molecule has 0 spiro atoms. The van der Waals surface area contributed by atoms with Crippen molar-refractivity contribution in [3.63, 3.8) is 0 Å². The number of amides is 1. The summed E-state index contributed by atoms with van der Waals surface area (Å²) >= 11 is 0. The highest BCUT2D eigenvalue weighted by Crippen LogP contribution is 2.15. The molecule has 0 aliphatic heterocycles. The number of nitrogens with one attached hydrogen (secondary N) is 1. The number of halogens is 2. The minimum absolute atomic E-state index is 0.267. The first kappa shape index (κ1) is 20.3. The van der Waals surface area contributed by atoms with E-state index in [1.807, 2.05) is 6.07 Å². The van der Waals surface area contributed by atoms with Gasteiger partial charge in [-0.2, -0.15) is 5.10 Å². The van der Waals surface area contributed by atoms with Crippen LogP contribution in [-0.4, -0.2) is 15.7 Å². The van der Waals surface area contributed by atoms with Crippen molar-refractivity contribution in [3.8, 4) is 5.75 Å². The molecule has 0 unspecified atom stereocenters. The first-order valence-electron chi connectivity index (χ1n) is 9.61. The Morgan fingerprint density at radius 2 is 1.71 bits per heavy atom. The third-order valence-electron chi connectivity index (χ3n) is 4.56. The standard InChI is InChI=1S/C24H19F2N3O2/c25-20-8-10-23(11-9-20)31-16-17-4-6-19(7-5-17)24(30)28-22-13-27-29(15-22)14-18-2-1-3-21(26)12-18/h1-13,15H,14,16H2,(H,28,30). The van der Waals surface area contributed by atoms with E-state index in [9.17, 15) is 13.6 Å². The predicted octanol–water partition coefficient (Wildman–Crippen LogP) is 5.04. The molecule has 4 aromatic rings. The zero-order chi connectivity index (χ0) is 21.6. The number of ether oxygens (including phenoxy) is 1. The van der Waals surface area contributed by atoms with Gasteiger partial charge in [-0.25, -0.2) is 8.78 Å². The second kappa shape index (κ2) is 9.21. The van der Waals surface area contributed by atoms with E-state index >= 15 is 0 Å².